The first kappa shape index (κ1) is 8.45. The van der Waals surface area contributed by atoms with Gasteiger partial charge in [0.1, 0.15) is 0 Å². The minimum atomic E-state index is -0.409. The Morgan fingerprint density at radius 3 is 2.46 bits per heavy atom. The van der Waals surface area contributed by atoms with Crippen molar-refractivity contribution in [3.05, 3.63) is 35.9 Å². The summed E-state index contributed by atoms with van der Waals surface area (Å²) in [7, 11) is 0. The standard InChI is InChI=1S/C11H13NO/c12-10(11(13)9-6-7-9)8-4-2-1-3-5-8/h1-5,9-10H,6-7,12H2/t10-/m0/s1. The van der Waals surface area contributed by atoms with Gasteiger partial charge < -0.3 is 5.73 Å². The van der Waals surface area contributed by atoms with Gasteiger partial charge in [-0.15, -0.1) is 0 Å². The Hall–Kier alpha value is -1.15. The molecule has 0 radical (unpaired) electrons. The second-order valence-corrected chi connectivity index (χ2v) is 3.56. The van der Waals surface area contributed by atoms with Crippen LogP contribution in [0, 0.1) is 5.92 Å². The van der Waals surface area contributed by atoms with Gasteiger partial charge in [0.05, 0.1) is 6.04 Å². The molecule has 1 aliphatic rings. The van der Waals surface area contributed by atoms with Crippen LogP contribution in [0.15, 0.2) is 30.3 Å². The van der Waals surface area contributed by atoms with E-state index in [2.05, 4.69) is 0 Å². The highest BCUT2D eigenvalue weighted by Crippen LogP contribution is 2.33. The summed E-state index contributed by atoms with van der Waals surface area (Å²) in [5, 5.41) is 0. The lowest BCUT2D eigenvalue weighted by atomic mass is 10.0. The lowest BCUT2D eigenvalue weighted by Crippen LogP contribution is -2.22. The summed E-state index contributed by atoms with van der Waals surface area (Å²) < 4.78 is 0. The molecule has 1 saturated carbocycles. The predicted molar refractivity (Wildman–Crippen MR) is 51.1 cm³/mol. The molecule has 1 atom stereocenters. The number of Topliss-reactive ketones (excluding diaryl/α,β-unsaturated/α-hetero) is 1. The van der Waals surface area contributed by atoms with Gasteiger partial charge in [0.15, 0.2) is 5.78 Å². The van der Waals surface area contributed by atoms with Crippen LogP contribution in [0.2, 0.25) is 0 Å². The summed E-state index contributed by atoms with van der Waals surface area (Å²) in [6.45, 7) is 0. The zero-order valence-corrected chi connectivity index (χ0v) is 7.44. The lowest BCUT2D eigenvalue weighted by Gasteiger charge is -2.09. The molecule has 13 heavy (non-hydrogen) atoms. The van der Waals surface area contributed by atoms with Gasteiger partial charge >= 0.3 is 0 Å². The van der Waals surface area contributed by atoms with Crippen molar-refractivity contribution in [2.24, 2.45) is 11.7 Å². The van der Waals surface area contributed by atoms with Gasteiger partial charge in [-0.3, -0.25) is 4.79 Å². The van der Waals surface area contributed by atoms with Crippen LogP contribution < -0.4 is 5.73 Å². The minimum Gasteiger partial charge on any atom is -0.318 e. The molecule has 2 rings (SSSR count). The van der Waals surface area contributed by atoms with E-state index in [0.717, 1.165) is 18.4 Å². The van der Waals surface area contributed by atoms with Crippen molar-refractivity contribution in [1.82, 2.24) is 0 Å². The Labute approximate surface area is 77.8 Å². The molecular formula is C11H13NO. The van der Waals surface area contributed by atoms with E-state index in [1.807, 2.05) is 30.3 Å². The van der Waals surface area contributed by atoms with Crippen LogP contribution in [0.3, 0.4) is 0 Å². The topological polar surface area (TPSA) is 43.1 Å². The van der Waals surface area contributed by atoms with Crippen LogP contribution in [0.1, 0.15) is 24.4 Å². The predicted octanol–water partition coefficient (Wildman–Crippen LogP) is 1.67. The molecule has 0 unspecified atom stereocenters. The van der Waals surface area contributed by atoms with E-state index in [9.17, 15) is 4.79 Å². The third-order valence-corrected chi connectivity index (χ3v) is 2.44. The summed E-state index contributed by atoms with van der Waals surface area (Å²) in [5.74, 6) is 0.446. The SMILES string of the molecule is N[C@H](C(=O)C1CC1)c1ccccc1. The maximum atomic E-state index is 11.6. The largest absolute Gasteiger partial charge is 0.318 e. The molecule has 2 N–H and O–H groups in total. The molecule has 2 nitrogen and oxygen atoms in total. The first-order valence-electron chi connectivity index (χ1n) is 4.63. The first-order valence-corrected chi connectivity index (χ1v) is 4.63. The normalized spacial score (nSPS) is 18.2. The van der Waals surface area contributed by atoms with Crippen LogP contribution in [-0.4, -0.2) is 5.78 Å². The van der Waals surface area contributed by atoms with Crippen molar-refractivity contribution >= 4 is 5.78 Å². The number of benzene rings is 1. The Bertz CT molecular complexity index is 303. The molecule has 2 heteroatoms. The maximum Gasteiger partial charge on any atom is 0.157 e. The van der Waals surface area contributed by atoms with E-state index < -0.39 is 6.04 Å². The fraction of sp³-hybridized carbons (Fsp3) is 0.364. The fourth-order valence-corrected chi connectivity index (χ4v) is 1.45. The third kappa shape index (κ3) is 1.78. The molecule has 68 valence electrons. The zero-order chi connectivity index (χ0) is 9.26. The van der Waals surface area contributed by atoms with Gasteiger partial charge in [-0.2, -0.15) is 0 Å². The lowest BCUT2D eigenvalue weighted by molar-refractivity contribution is -0.121. The van der Waals surface area contributed by atoms with E-state index in [4.69, 9.17) is 5.73 Å². The molecule has 0 bridgehead atoms. The summed E-state index contributed by atoms with van der Waals surface area (Å²) in [6.07, 6.45) is 2.05. The van der Waals surface area contributed by atoms with Gasteiger partial charge in [-0.1, -0.05) is 30.3 Å². The molecule has 1 aromatic carbocycles. The van der Waals surface area contributed by atoms with Crippen LogP contribution in [0.25, 0.3) is 0 Å². The molecule has 0 saturated heterocycles. The summed E-state index contributed by atoms with van der Waals surface area (Å²) in [6, 6.07) is 9.16. The molecule has 0 aliphatic heterocycles. The molecule has 0 aromatic heterocycles. The Morgan fingerprint density at radius 2 is 1.92 bits per heavy atom. The second-order valence-electron chi connectivity index (χ2n) is 3.56. The highest BCUT2D eigenvalue weighted by Gasteiger charge is 2.33. The van der Waals surface area contributed by atoms with Crippen molar-refractivity contribution in [2.45, 2.75) is 18.9 Å². The summed E-state index contributed by atoms with van der Waals surface area (Å²) >= 11 is 0. The van der Waals surface area contributed by atoms with Crippen LogP contribution in [0.5, 0.6) is 0 Å². The van der Waals surface area contributed by atoms with Crippen molar-refractivity contribution in [1.29, 1.82) is 0 Å². The highest BCUT2D eigenvalue weighted by molar-refractivity contribution is 5.89. The van der Waals surface area contributed by atoms with E-state index in [1.54, 1.807) is 0 Å². The first-order chi connectivity index (χ1) is 6.29. The molecule has 1 fully saturated rings. The van der Waals surface area contributed by atoms with Crippen molar-refractivity contribution in [3.63, 3.8) is 0 Å². The molecule has 1 aromatic rings. The van der Waals surface area contributed by atoms with Gasteiger partial charge in [-0.05, 0) is 18.4 Å². The number of hydrogen-bond acceptors (Lipinski definition) is 2. The van der Waals surface area contributed by atoms with E-state index in [-0.39, 0.29) is 11.7 Å². The van der Waals surface area contributed by atoms with Gasteiger partial charge in [-0.25, -0.2) is 0 Å². The maximum absolute atomic E-state index is 11.6. The Balaban J connectivity index is 2.12. The fourth-order valence-electron chi connectivity index (χ4n) is 1.45. The monoisotopic (exact) mass is 175 g/mol. The quantitative estimate of drug-likeness (QED) is 0.759. The molecule has 0 heterocycles. The zero-order valence-electron chi connectivity index (χ0n) is 7.44. The van der Waals surface area contributed by atoms with Crippen LogP contribution >= 0.6 is 0 Å². The van der Waals surface area contributed by atoms with Gasteiger partial charge in [0.2, 0.25) is 0 Å². The van der Waals surface area contributed by atoms with E-state index in [0.29, 0.717) is 0 Å². The highest BCUT2D eigenvalue weighted by atomic mass is 16.1. The van der Waals surface area contributed by atoms with Crippen LogP contribution in [0.4, 0.5) is 0 Å². The average molecular weight is 175 g/mol. The Kier molecular flexibility index (Phi) is 2.15. The van der Waals surface area contributed by atoms with Crippen molar-refractivity contribution < 1.29 is 4.79 Å². The van der Waals surface area contributed by atoms with Crippen LogP contribution in [-0.2, 0) is 4.79 Å². The molecule has 0 amide bonds. The number of carbonyl (C=O) groups excluding carboxylic acids is 1. The summed E-state index contributed by atoms with van der Waals surface area (Å²) in [4.78, 5) is 11.6. The number of nitrogens with two attached hydrogens (primary N) is 1. The number of ketones is 1. The van der Waals surface area contributed by atoms with Crippen molar-refractivity contribution in [3.8, 4) is 0 Å². The van der Waals surface area contributed by atoms with Gasteiger partial charge in [0.25, 0.3) is 0 Å². The van der Waals surface area contributed by atoms with Crippen molar-refractivity contribution in [2.75, 3.05) is 0 Å². The Morgan fingerprint density at radius 1 is 1.31 bits per heavy atom. The summed E-state index contributed by atoms with van der Waals surface area (Å²) in [5.41, 5.74) is 6.76. The van der Waals surface area contributed by atoms with E-state index in [1.165, 1.54) is 0 Å². The number of carbonyl (C=O) groups is 1. The average Bonchev–Trinajstić information content (AvgIpc) is 3.00. The molecule has 1 aliphatic carbocycles. The smallest absolute Gasteiger partial charge is 0.157 e. The molecule has 0 spiro atoms. The molecular weight excluding hydrogens is 162 g/mol. The number of hydrogen-bond donors (Lipinski definition) is 1. The minimum absolute atomic E-state index is 0.200. The number of rotatable bonds is 3. The second kappa shape index (κ2) is 3.30. The third-order valence-electron chi connectivity index (χ3n) is 2.44. The van der Waals surface area contributed by atoms with Gasteiger partial charge in [0, 0.05) is 5.92 Å². The van der Waals surface area contributed by atoms with E-state index >= 15 is 0 Å².